The van der Waals surface area contributed by atoms with Crippen molar-refractivity contribution in [1.29, 1.82) is 0 Å². The van der Waals surface area contributed by atoms with Gasteiger partial charge in [0.05, 0.1) is 30.4 Å². The van der Waals surface area contributed by atoms with Crippen LogP contribution in [0.5, 0.6) is 0 Å². The van der Waals surface area contributed by atoms with Crippen molar-refractivity contribution in [3.63, 3.8) is 0 Å². The van der Waals surface area contributed by atoms with E-state index in [1.807, 2.05) is 6.07 Å². The highest BCUT2D eigenvalue weighted by Gasteiger charge is 2.45. The minimum absolute atomic E-state index is 0.0823. The SMILES string of the molecule is NCC1CN(CCOCCCc2cccc3c2C(=O)N(C2CCC(=O)NC2=O)C3=O)CCO1. The number of benzene rings is 1. The fourth-order valence-corrected chi connectivity index (χ4v) is 4.58. The van der Waals surface area contributed by atoms with Gasteiger partial charge in [0.15, 0.2) is 0 Å². The lowest BCUT2D eigenvalue weighted by atomic mass is 9.99. The lowest BCUT2D eigenvalue weighted by molar-refractivity contribution is -0.136. The van der Waals surface area contributed by atoms with E-state index in [4.69, 9.17) is 15.2 Å². The van der Waals surface area contributed by atoms with Gasteiger partial charge in [-0.1, -0.05) is 12.1 Å². The summed E-state index contributed by atoms with van der Waals surface area (Å²) < 4.78 is 11.3. The number of hydrogen-bond acceptors (Lipinski definition) is 8. The van der Waals surface area contributed by atoms with Crippen molar-refractivity contribution in [3.8, 4) is 0 Å². The molecule has 0 bridgehead atoms. The van der Waals surface area contributed by atoms with Crippen LogP contribution in [0.15, 0.2) is 18.2 Å². The number of hydrogen-bond donors (Lipinski definition) is 2. The van der Waals surface area contributed by atoms with E-state index in [2.05, 4.69) is 10.2 Å². The number of amides is 4. The zero-order chi connectivity index (χ0) is 23.4. The molecule has 3 heterocycles. The Bertz CT molecular complexity index is 936. The molecule has 178 valence electrons. The molecule has 10 heteroatoms. The summed E-state index contributed by atoms with van der Waals surface area (Å²) in [7, 11) is 0. The molecule has 1 aromatic carbocycles. The fourth-order valence-electron chi connectivity index (χ4n) is 4.58. The average molecular weight is 459 g/mol. The number of carbonyl (C=O) groups is 4. The summed E-state index contributed by atoms with van der Waals surface area (Å²) in [5, 5.41) is 2.21. The van der Waals surface area contributed by atoms with Crippen LogP contribution in [0.1, 0.15) is 45.5 Å². The summed E-state index contributed by atoms with van der Waals surface area (Å²) in [5.74, 6) is -1.94. The van der Waals surface area contributed by atoms with E-state index in [-0.39, 0.29) is 24.9 Å². The summed E-state index contributed by atoms with van der Waals surface area (Å²) in [4.78, 5) is 52.9. The van der Waals surface area contributed by atoms with Crippen LogP contribution in [-0.4, -0.2) is 91.6 Å². The van der Waals surface area contributed by atoms with Crippen molar-refractivity contribution >= 4 is 23.6 Å². The first-order chi connectivity index (χ1) is 16.0. The fraction of sp³-hybridized carbons (Fsp3) is 0.565. The topological polar surface area (TPSA) is 131 Å². The first-order valence-corrected chi connectivity index (χ1v) is 11.4. The van der Waals surface area contributed by atoms with E-state index < -0.39 is 23.8 Å². The van der Waals surface area contributed by atoms with E-state index >= 15 is 0 Å². The smallest absolute Gasteiger partial charge is 0.262 e. The van der Waals surface area contributed by atoms with Crippen LogP contribution in [0.2, 0.25) is 0 Å². The van der Waals surface area contributed by atoms with Crippen molar-refractivity contribution in [2.45, 2.75) is 37.8 Å². The largest absolute Gasteiger partial charge is 0.380 e. The Morgan fingerprint density at radius 1 is 1.15 bits per heavy atom. The summed E-state index contributed by atoms with van der Waals surface area (Å²) in [6.45, 7) is 4.84. The van der Waals surface area contributed by atoms with Crippen LogP contribution in [0.3, 0.4) is 0 Å². The number of nitrogens with zero attached hydrogens (tertiary/aromatic N) is 2. The molecular formula is C23H30N4O6. The minimum Gasteiger partial charge on any atom is -0.380 e. The van der Waals surface area contributed by atoms with Gasteiger partial charge >= 0.3 is 0 Å². The van der Waals surface area contributed by atoms with Crippen LogP contribution >= 0.6 is 0 Å². The van der Waals surface area contributed by atoms with Crippen molar-refractivity contribution in [3.05, 3.63) is 34.9 Å². The number of morpholine rings is 1. The normalized spacial score (nSPS) is 23.7. The molecular weight excluding hydrogens is 428 g/mol. The van der Waals surface area contributed by atoms with Crippen molar-refractivity contribution in [2.75, 3.05) is 46.0 Å². The average Bonchev–Trinajstić information content (AvgIpc) is 3.07. The van der Waals surface area contributed by atoms with E-state index in [1.165, 1.54) is 0 Å². The number of nitrogens with one attached hydrogen (secondary N) is 1. The Morgan fingerprint density at radius 3 is 2.79 bits per heavy atom. The molecule has 3 N–H and O–H groups in total. The number of nitrogens with two attached hydrogens (primary N) is 1. The Labute approximate surface area is 192 Å². The van der Waals surface area contributed by atoms with E-state index in [9.17, 15) is 19.2 Å². The van der Waals surface area contributed by atoms with Gasteiger partial charge in [-0.05, 0) is 30.9 Å². The second-order valence-corrected chi connectivity index (χ2v) is 8.53. The van der Waals surface area contributed by atoms with Gasteiger partial charge in [0.25, 0.3) is 11.8 Å². The number of aryl methyl sites for hydroxylation is 1. The molecule has 2 saturated heterocycles. The molecule has 2 atom stereocenters. The third-order valence-corrected chi connectivity index (χ3v) is 6.33. The number of piperidine rings is 1. The molecule has 3 aliphatic rings. The summed E-state index contributed by atoms with van der Waals surface area (Å²) in [6, 6.07) is 4.24. The predicted octanol–water partition coefficient (Wildman–Crippen LogP) is -0.303. The highest BCUT2D eigenvalue weighted by molar-refractivity contribution is 6.24. The maximum atomic E-state index is 13.1. The second kappa shape index (κ2) is 10.5. The van der Waals surface area contributed by atoms with Crippen LogP contribution in [0, 0.1) is 0 Å². The standard InChI is InChI=1S/C23H30N4O6/c24-13-16-14-26(9-12-33-16)8-11-32-10-2-4-15-3-1-5-17-20(15)23(31)27(22(17)30)18-6-7-19(28)25-21(18)29/h1,3,5,16,18H,2,4,6-14,24H2,(H,25,28,29). The van der Waals surface area contributed by atoms with Gasteiger partial charge in [-0.2, -0.15) is 0 Å². The number of imide groups is 2. The molecule has 0 saturated carbocycles. The molecule has 0 radical (unpaired) electrons. The predicted molar refractivity (Wildman–Crippen MR) is 117 cm³/mol. The molecule has 0 aliphatic carbocycles. The molecule has 3 aliphatic heterocycles. The van der Waals surface area contributed by atoms with Crippen LogP contribution in [0.4, 0.5) is 0 Å². The maximum Gasteiger partial charge on any atom is 0.262 e. The summed E-state index contributed by atoms with van der Waals surface area (Å²) in [5.41, 5.74) is 7.10. The molecule has 0 spiro atoms. The van der Waals surface area contributed by atoms with Crippen LogP contribution < -0.4 is 11.1 Å². The monoisotopic (exact) mass is 458 g/mol. The molecule has 2 unspecified atom stereocenters. The van der Waals surface area contributed by atoms with Gasteiger partial charge < -0.3 is 15.2 Å². The molecule has 4 amide bonds. The number of fused-ring (bicyclic) bond motifs is 1. The second-order valence-electron chi connectivity index (χ2n) is 8.53. The van der Waals surface area contributed by atoms with Gasteiger partial charge in [0, 0.05) is 39.2 Å². The van der Waals surface area contributed by atoms with E-state index in [0.717, 1.165) is 30.1 Å². The molecule has 1 aromatic rings. The molecule has 2 fully saturated rings. The highest BCUT2D eigenvalue weighted by atomic mass is 16.5. The van der Waals surface area contributed by atoms with E-state index in [0.29, 0.717) is 50.3 Å². The lowest BCUT2D eigenvalue weighted by Crippen LogP contribution is -2.54. The molecule has 0 aromatic heterocycles. The third kappa shape index (κ3) is 5.14. The highest BCUT2D eigenvalue weighted by Crippen LogP contribution is 2.30. The van der Waals surface area contributed by atoms with Crippen LogP contribution in [-0.2, 0) is 25.5 Å². The van der Waals surface area contributed by atoms with Crippen molar-refractivity contribution in [1.82, 2.24) is 15.1 Å². The third-order valence-electron chi connectivity index (χ3n) is 6.33. The van der Waals surface area contributed by atoms with Crippen molar-refractivity contribution in [2.24, 2.45) is 5.73 Å². The molecule has 33 heavy (non-hydrogen) atoms. The number of rotatable bonds is 9. The first-order valence-electron chi connectivity index (χ1n) is 11.4. The van der Waals surface area contributed by atoms with Gasteiger partial charge in [0.1, 0.15) is 6.04 Å². The van der Waals surface area contributed by atoms with Gasteiger partial charge in [0.2, 0.25) is 11.8 Å². The van der Waals surface area contributed by atoms with Gasteiger partial charge in [-0.3, -0.25) is 34.3 Å². The van der Waals surface area contributed by atoms with E-state index in [1.54, 1.807) is 12.1 Å². The zero-order valence-electron chi connectivity index (χ0n) is 18.6. The Balaban J connectivity index is 1.29. The van der Waals surface area contributed by atoms with Crippen LogP contribution in [0.25, 0.3) is 0 Å². The molecule has 10 nitrogen and oxygen atoms in total. The first kappa shape index (κ1) is 23.5. The van der Waals surface area contributed by atoms with Gasteiger partial charge in [-0.25, -0.2) is 0 Å². The maximum absolute atomic E-state index is 13.1. The summed E-state index contributed by atoms with van der Waals surface area (Å²) in [6.07, 6.45) is 1.61. The number of ether oxygens (including phenoxy) is 2. The lowest BCUT2D eigenvalue weighted by Gasteiger charge is -2.32. The Morgan fingerprint density at radius 2 is 2.00 bits per heavy atom. The van der Waals surface area contributed by atoms with Crippen molar-refractivity contribution < 1.29 is 28.7 Å². The molecule has 4 rings (SSSR count). The quantitative estimate of drug-likeness (QED) is 0.381. The minimum atomic E-state index is -0.953. The number of carbonyl (C=O) groups excluding carboxylic acids is 4. The zero-order valence-corrected chi connectivity index (χ0v) is 18.6. The summed E-state index contributed by atoms with van der Waals surface area (Å²) >= 11 is 0. The Hall–Kier alpha value is -2.66. The van der Waals surface area contributed by atoms with Gasteiger partial charge in [-0.15, -0.1) is 0 Å². The Kier molecular flexibility index (Phi) is 7.49.